The first-order chi connectivity index (χ1) is 10.8. The summed E-state index contributed by atoms with van der Waals surface area (Å²) in [6, 6.07) is 10.8. The van der Waals surface area contributed by atoms with Crippen LogP contribution in [0.15, 0.2) is 35.3 Å². The number of nitrogens with zero attached hydrogens (tertiary/aromatic N) is 2. The van der Waals surface area contributed by atoms with Crippen molar-refractivity contribution in [1.29, 1.82) is 0 Å². The zero-order valence-corrected chi connectivity index (χ0v) is 13.9. The van der Waals surface area contributed by atoms with Crippen LogP contribution in [0.3, 0.4) is 0 Å². The van der Waals surface area contributed by atoms with Gasteiger partial charge in [0, 0.05) is 46.3 Å². The second-order valence-electron chi connectivity index (χ2n) is 5.87. The molecular formula is C18H29N3O. The Balaban J connectivity index is 1.73. The number of rotatable bonds is 7. The molecule has 0 aromatic heterocycles. The summed E-state index contributed by atoms with van der Waals surface area (Å²) in [7, 11) is 3.64. The lowest BCUT2D eigenvalue weighted by atomic mass is 9.99. The van der Waals surface area contributed by atoms with E-state index in [1.807, 2.05) is 7.05 Å². The Morgan fingerprint density at radius 1 is 1.27 bits per heavy atom. The quantitative estimate of drug-likeness (QED) is 0.478. The van der Waals surface area contributed by atoms with Gasteiger partial charge in [-0.15, -0.1) is 0 Å². The molecule has 1 aromatic carbocycles. The molecule has 0 saturated carbocycles. The zero-order valence-electron chi connectivity index (χ0n) is 13.9. The van der Waals surface area contributed by atoms with E-state index in [9.17, 15) is 0 Å². The standard InChI is InChI=1S/C18H29N3O/c1-19-18(20-12-7-4-8-14-22-2)21-13-11-17(15-21)16-9-5-3-6-10-16/h3,5-6,9-10,17H,4,7-8,11-15H2,1-2H3,(H,19,20). The van der Waals surface area contributed by atoms with Crippen LogP contribution in [0, 0.1) is 0 Å². The number of benzene rings is 1. The molecule has 122 valence electrons. The van der Waals surface area contributed by atoms with Crippen LogP contribution in [0.2, 0.25) is 0 Å². The molecule has 1 unspecified atom stereocenters. The Morgan fingerprint density at radius 2 is 2.09 bits per heavy atom. The van der Waals surface area contributed by atoms with Crippen LogP contribution in [-0.2, 0) is 4.74 Å². The lowest BCUT2D eigenvalue weighted by Gasteiger charge is -2.21. The van der Waals surface area contributed by atoms with E-state index in [1.165, 1.54) is 24.8 Å². The third kappa shape index (κ3) is 5.02. The summed E-state index contributed by atoms with van der Waals surface area (Å²) >= 11 is 0. The number of methoxy groups -OCH3 is 1. The number of aliphatic imine (C=N–C) groups is 1. The highest BCUT2D eigenvalue weighted by Crippen LogP contribution is 2.26. The smallest absolute Gasteiger partial charge is 0.193 e. The maximum atomic E-state index is 5.07. The second kappa shape index (κ2) is 9.46. The van der Waals surface area contributed by atoms with E-state index < -0.39 is 0 Å². The van der Waals surface area contributed by atoms with E-state index in [-0.39, 0.29) is 0 Å². The summed E-state index contributed by atoms with van der Waals surface area (Å²) in [4.78, 5) is 6.82. The van der Waals surface area contributed by atoms with Crippen molar-refractivity contribution in [1.82, 2.24) is 10.2 Å². The molecule has 0 aliphatic carbocycles. The molecule has 4 heteroatoms. The monoisotopic (exact) mass is 303 g/mol. The Kier molecular flexibility index (Phi) is 7.23. The highest BCUT2D eigenvalue weighted by atomic mass is 16.5. The Labute approximate surface area is 134 Å². The van der Waals surface area contributed by atoms with Crippen LogP contribution in [0.25, 0.3) is 0 Å². The average molecular weight is 303 g/mol. The third-order valence-corrected chi connectivity index (χ3v) is 4.28. The summed E-state index contributed by atoms with van der Waals surface area (Å²) in [5.74, 6) is 1.67. The predicted molar refractivity (Wildman–Crippen MR) is 92.5 cm³/mol. The molecule has 4 nitrogen and oxygen atoms in total. The predicted octanol–water partition coefficient (Wildman–Crippen LogP) is 2.87. The van der Waals surface area contributed by atoms with Gasteiger partial charge in [-0.1, -0.05) is 30.3 Å². The van der Waals surface area contributed by atoms with Gasteiger partial charge in [-0.25, -0.2) is 0 Å². The van der Waals surface area contributed by atoms with E-state index in [4.69, 9.17) is 4.74 Å². The Hall–Kier alpha value is -1.55. The van der Waals surface area contributed by atoms with Crippen LogP contribution in [0.1, 0.15) is 37.2 Å². The molecule has 1 fully saturated rings. The van der Waals surface area contributed by atoms with E-state index >= 15 is 0 Å². The molecule has 1 aliphatic heterocycles. The van der Waals surface area contributed by atoms with Crippen LogP contribution in [0.5, 0.6) is 0 Å². The minimum Gasteiger partial charge on any atom is -0.385 e. The number of unbranched alkanes of at least 4 members (excludes halogenated alkanes) is 2. The van der Waals surface area contributed by atoms with Crippen LogP contribution in [0.4, 0.5) is 0 Å². The molecule has 1 N–H and O–H groups in total. The number of likely N-dealkylation sites (tertiary alicyclic amines) is 1. The lowest BCUT2D eigenvalue weighted by molar-refractivity contribution is 0.192. The van der Waals surface area contributed by atoms with Crippen molar-refractivity contribution >= 4 is 5.96 Å². The summed E-state index contributed by atoms with van der Waals surface area (Å²) in [6.45, 7) is 4.00. The van der Waals surface area contributed by atoms with Gasteiger partial charge in [-0.2, -0.15) is 0 Å². The zero-order chi connectivity index (χ0) is 15.6. The molecule has 2 rings (SSSR count). The molecule has 0 bridgehead atoms. The Morgan fingerprint density at radius 3 is 2.82 bits per heavy atom. The molecule has 1 atom stereocenters. The van der Waals surface area contributed by atoms with Crippen molar-refractivity contribution in [2.24, 2.45) is 4.99 Å². The molecule has 0 radical (unpaired) electrons. The van der Waals surface area contributed by atoms with Gasteiger partial charge in [-0.3, -0.25) is 4.99 Å². The van der Waals surface area contributed by atoms with Crippen molar-refractivity contribution in [2.45, 2.75) is 31.6 Å². The summed E-state index contributed by atoms with van der Waals surface area (Å²) < 4.78 is 5.07. The molecule has 1 heterocycles. The topological polar surface area (TPSA) is 36.9 Å². The fraction of sp³-hybridized carbons (Fsp3) is 0.611. The number of ether oxygens (including phenoxy) is 1. The first kappa shape index (κ1) is 16.8. The molecule has 0 spiro atoms. The van der Waals surface area contributed by atoms with Crippen molar-refractivity contribution in [3.05, 3.63) is 35.9 Å². The number of hydrogen-bond donors (Lipinski definition) is 1. The normalized spacial score (nSPS) is 18.7. The van der Waals surface area contributed by atoms with Crippen LogP contribution >= 0.6 is 0 Å². The highest BCUT2D eigenvalue weighted by molar-refractivity contribution is 5.80. The van der Waals surface area contributed by atoms with E-state index in [0.29, 0.717) is 5.92 Å². The minimum atomic E-state index is 0.626. The summed E-state index contributed by atoms with van der Waals surface area (Å²) in [5.41, 5.74) is 1.44. The minimum absolute atomic E-state index is 0.626. The third-order valence-electron chi connectivity index (χ3n) is 4.28. The lowest BCUT2D eigenvalue weighted by Crippen LogP contribution is -2.40. The Bertz CT molecular complexity index is 447. The SMILES string of the molecule is CN=C(NCCCCCOC)N1CCC(c2ccccc2)C1. The number of guanidine groups is 1. The second-order valence-corrected chi connectivity index (χ2v) is 5.87. The first-order valence-electron chi connectivity index (χ1n) is 8.34. The van der Waals surface area contributed by atoms with Gasteiger partial charge in [0.25, 0.3) is 0 Å². The summed E-state index contributed by atoms with van der Waals surface area (Å²) in [6.07, 6.45) is 4.71. The van der Waals surface area contributed by atoms with Crippen LogP contribution < -0.4 is 5.32 Å². The van der Waals surface area contributed by atoms with Gasteiger partial charge < -0.3 is 15.0 Å². The van der Waals surface area contributed by atoms with Gasteiger partial charge in [-0.05, 0) is 31.2 Å². The van der Waals surface area contributed by atoms with Gasteiger partial charge >= 0.3 is 0 Å². The molecule has 1 aliphatic rings. The van der Waals surface area contributed by atoms with E-state index in [1.54, 1.807) is 7.11 Å². The van der Waals surface area contributed by atoms with Crippen molar-refractivity contribution in [3.63, 3.8) is 0 Å². The van der Waals surface area contributed by atoms with Gasteiger partial charge in [0.15, 0.2) is 5.96 Å². The summed E-state index contributed by atoms with van der Waals surface area (Å²) in [5, 5.41) is 3.50. The molecule has 1 saturated heterocycles. The number of nitrogens with one attached hydrogen (secondary N) is 1. The molecule has 22 heavy (non-hydrogen) atoms. The molecular weight excluding hydrogens is 274 g/mol. The van der Waals surface area contributed by atoms with E-state index in [0.717, 1.165) is 38.6 Å². The maximum Gasteiger partial charge on any atom is 0.193 e. The van der Waals surface area contributed by atoms with E-state index in [2.05, 4.69) is 45.5 Å². The number of hydrogen-bond acceptors (Lipinski definition) is 2. The van der Waals surface area contributed by atoms with Crippen molar-refractivity contribution in [2.75, 3.05) is 40.4 Å². The van der Waals surface area contributed by atoms with Gasteiger partial charge in [0.2, 0.25) is 0 Å². The van der Waals surface area contributed by atoms with Gasteiger partial charge in [0.1, 0.15) is 0 Å². The average Bonchev–Trinajstić information content (AvgIpc) is 3.05. The van der Waals surface area contributed by atoms with Crippen LogP contribution in [-0.4, -0.2) is 51.3 Å². The fourth-order valence-electron chi connectivity index (χ4n) is 3.03. The van der Waals surface area contributed by atoms with Gasteiger partial charge in [0.05, 0.1) is 0 Å². The molecule has 0 amide bonds. The van der Waals surface area contributed by atoms with Crippen molar-refractivity contribution in [3.8, 4) is 0 Å². The highest BCUT2D eigenvalue weighted by Gasteiger charge is 2.25. The first-order valence-corrected chi connectivity index (χ1v) is 8.34. The largest absolute Gasteiger partial charge is 0.385 e. The fourth-order valence-corrected chi connectivity index (χ4v) is 3.03. The van der Waals surface area contributed by atoms with Crippen molar-refractivity contribution < 1.29 is 4.74 Å². The molecule has 1 aromatic rings. The maximum absolute atomic E-state index is 5.07.